The molecule has 0 saturated heterocycles. The van der Waals surface area contributed by atoms with Crippen molar-refractivity contribution < 1.29 is 9.21 Å². The van der Waals surface area contributed by atoms with Gasteiger partial charge < -0.3 is 4.42 Å². The minimum absolute atomic E-state index is 0.662. The van der Waals surface area contributed by atoms with E-state index in [2.05, 4.69) is 0 Å². The van der Waals surface area contributed by atoms with Gasteiger partial charge in [0.15, 0.2) is 0 Å². The second-order valence-corrected chi connectivity index (χ2v) is 2.02. The monoisotopic (exact) mass is 136 g/mol. The van der Waals surface area contributed by atoms with Gasteiger partial charge in [-0.3, -0.25) is 4.79 Å². The molecule has 2 heteroatoms. The van der Waals surface area contributed by atoms with E-state index < -0.39 is 0 Å². The zero-order valence-electron chi connectivity index (χ0n) is 5.70. The van der Waals surface area contributed by atoms with Crippen LogP contribution in [-0.4, -0.2) is 6.29 Å². The molecule has 1 aromatic rings. The highest BCUT2D eigenvalue weighted by Gasteiger charge is 1.89. The lowest BCUT2D eigenvalue weighted by Gasteiger charge is -1.83. The van der Waals surface area contributed by atoms with Crippen LogP contribution in [0.4, 0.5) is 0 Å². The van der Waals surface area contributed by atoms with Crippen LogP contribution in [0.3, 0.4) is 0 Å². The fourth-order valence-electron chi connectivity index (χ4n) is 0.632. The standard InChI is InChI=1S/C8H8O2/c1-7(6-9)5-8-3-2-4-10-8/h2-6H,1H3/b7-5+. The number of allylic oxidation sites excluding steroid dienone is 1. The Kier molecular flexibility index (Phi) is 2.05. The lowest BCUT2D eigenvalue weighted by Crippen LogP contribution is -1.73. The molecule has 0 aliphatic rings. The molecule has 0 atom stereocenters. The first kappa shape index (κ1) is 6.81. The average molecular weight is 136 g/mol. The maximum Gasteiger partial charge on any atom is 0.145 e. The Balaban J connectivity index is 2.80. The maximum absolute atomic E-state index is 10.1. The zero-order chi connectivity index (χ0) is 7.40. The number of aldehydes is 1. The fourth-order valence-corrected chi connectivity index (χ4v) is 0.632. The number of hydrogen-bond donors (Lipinski definition) is 0. The van der Waals surface area contributed by atoms with Crippen molar-refractivity contribution in [2.75, 3.05) is 0 Å². The molecule has 1 rings (SSSR count). The molecule has 0 aliphatic carbocycles. The van der Waals surface area contributed by atoms with Crippen molar-refractivity contribution in [3.63, 3.8) is 0 Å². The summed E-state index contributed by atoms with van der Waals surface area (Å²) in [5, 5.41) is 0. The molecule has 2 nitrogen and oxygen atoms in total. The summed E-state index contributed by atoms with van der Waals surface area (Å²) in [5.74, 6) is 0.713. The van der Waals surface area contributed by atoms with Crippen LogP contribution in [0.1, 0.15) is 12.7 Å². The van der Waals surface area contributed by atoms with Gasteiger partial charge in [-0.1, -0.05) is 0 Å². The highest BCUT2D eigenvalue weighted by Crippen LogP contribution is 2.04. The van der Waals surface area contributed by atoms with E-state index in [1.807, 2.05) is 0 Å². The van der Waals surface area contributed by atoms with Crippen LogP contribution in [0.2, 0.25) is 0 Å². The van der Waals surface area contributed by atoms with Crippen molar-refractivity contribution in [3.05, 3.63) is 29.7 Å². The summed E-state index contributed by atoms with van der Waals surface area (Å²) >= 11 is 0. The van der Waals surface area contributed by atoms with Crippen molar-refractivity contribution in [3.8, 4) is 0 Å². The first-order chi connectivity index (χ1) is 4.83. The van der Waals surface area contributed by atoms with Crippen molar-refractivity contribution in [2.45, 2.75) is 6.92 Å². The Morgan fingerprint density at radius 3 is 3.00 bits per heavy atom. The zero-order valence-corrected chi connectivity index (χ0v) is 5.70. The van der Waals surface area contributed by atoms with E-state index in [0.717, 1.165) is 6.29 Å². The van der Waals surface area contributed by atoms with E-state index in [4.69, 9.17) is 4.42 Å². The Bertz CT molecular complexity index is 232. The van der Waals surface area contributed by atoms with Gasteiger partial charge in [-0.15, -0.1) is 0 Å². The van der Waals surface area contributed by atoms with Crippen molar-refractivity contribution in [1.29, 1.82) is 0 Å². The molecule has 0 N–H and O–H groups in total. The van der Waals surface area contributed by atoms with Crippen molar-refractivity contribution in [1.82, 2.24) is 0 Å². The van der Waals surface area contributed by atoms with Gasteiger partial charge in [0.05, 0.1) is 6.26 Å². The third kappa shape index (κ3) is 1.58. The van der Waals surface area contributed by atoms with Crippen LogP contribution >= 0.6 is 0 Å². The molecule has 52 valence electrons. The minimum atomic E-state index is 0.662. The molecule has 0 saturated carbocycles. The highest BCUT2D eigenvalue weighted by molar-refractivity contribution is 5.79. The van der Waals surface area contributed by atoms with Crippen LogP contribution in [0.15, 0.2) is 28.4 Å². The van der Waals surface area contributed by atoms with Crippen LogP contribution in [-0.2, 0) is 4.79 Å². The molecule has 1 heterocycles. The van der Waals surface area contributed by atoms with Gasteiger partial charge >= 0.3 is 0 Å². The summed E-state index contributed by atoms with van der Waals surface area (Å²) in [6, 6.07) is 3.58. The summed E-state index contributed by atoms with van der Waals surface area (Å²) in [6.45, 7) is 1.73. The molecule has 0 unspecified atom stereocenters. The Hall–Kier alpha value is -1.31. The maximum atomic E-state index is 10.1. The smallest absolute Gasteiger partial charge is 0.145 e. The summed E-state index contributed by atoms with van der Waals surface area (Å²) < 4.78 is 4.97. The lowest BCUT2D eigenvalue weighted by atomic mass is 10.3. The number of carbonyl (C=O) groups is 1. The third-order valence-electron chi connectivity index (χ3n) is 1.10. The number of carbonyl (C=O) groups excluding carboxylic acids is 1. The van der Waals surface area contributed by atoms with Crippen LogP contribution in [0.25, 0.3) is 6.08 Å². The Labute approximate surface area is 59.2 Å². The average Bonchev–Trinajstić information content (AvgIpc) is 2.40. The predicted octanol–water partition coefficient (Wildman–Crippen LogP) is 1.88. The van der Waals surface area contributed by atoms with Crippen LogP contribution in [0, 0.1) is 0 Å². The summed E-state index contributed by atoms with van der Waals surface area (Å²) in [7, 11) is 0. The quantitative estimate of drug-likeness (QED) is 0.459. The molecular formula is C8H8O2. The van der Waals surface area contributed by atoms with E-state index in [1.54, 1.807) is 31.4 Å². The molecule has 10 heavy (non-hydrogen) atoms. The van der Waals surface area contributed by atoms with Gasteiger partial charge in [0, 0.05) is 0 Å². The predicted molar refractivity (Wildman–Crippen MR) is 38.4 cm³/mol. The fraction of sp³-hybridized carbons (Fsp3) is 0.125. The molecule has 0 fully saturated rings. The first-order valence-electron chi connectivity index (χ1n) is 3.00. The van der Waals surface area contributed by atoms with Gasteiger partial charge in [-0.25, -0.2) is 0 Å². The van der Waals surface area contributed by atoms with Gasteiger partial charge in [-0.2, -0.15) is 0 Å². The number of hydrogen-bond acceptors (Lipinski definition) is 2. The molecular weight excluding hydrogens is 128 g/mol. The molecule has 0 bridgehead atoms. The van der Waals surface area contributed by atoms with Gasteiger partial charge in [0.1, 0.15) is 12.0 Å². The second kappa shape index (κ2) is 3.01. The van der Waals surface area contributed by atoms with E-state index in [9.17, 15) is 4.79 Å². The van der Waals surface area contributed by atoms with Crippen molar-refractivity contribution >= 4 is 12.4 Å². The molecule has 0 aliphatic heterocycles. The largest absolute Gasteiger partial charge is 0.465 e. The first-order valence-corrected chi connectivity index (χ1v) is 3.00. The molecule has 1 aromatic heterocycles. The van der Waals surface area contributed by atoms with Gasteiger partial charge in [0.25, 0.3) is 0 Å². The Morgan fingerprint density at radius 2 is 2.50 bits per heavy atom. The van der Waals surface area contributed by atoms with Gasteiger partial charge in [-0.05, 0) is 30.7 Å². The number of furan rings is 1. The third-order valence-corrected chi connectivity index (χ3v) is 1.10. The normalized spacial score (nSPS) is 11.5. The second-order valence-electron chi connectivity index (χ2n) is 2.02. The Morgan fingerprint density at radius 1 is 1.70 bits per heavy atom. The topological polar surface area (TPSA) is 30.2 Å². The summed E-state index contributed by atoms with van der Waals surface area (Å²) in [4.78, 5) is 10.1. The summed E-state index contributed by atoms with van der Waals surface area (Å²) in [5.41, 5.74) is 0.662. The van der Waals surface area contributed by atoms with E-state index in [-0.39, 0.29) is 0 Å². The highest BCUT2D eigenvalue weighted by atomic mass is 16.3. The summed E-state index contributed by atoms with van der Waals surface area (Å²) in [6.07, 6.45) is 4.05. The van der Waals surface area contributed by atoms with Crippen LogP contribution < -0.4 is 0 Å². The molecule has 0 aromatic carbocycles. The SMILES string of the molecule is C/C(C=O)=C\c1ccco1. The lowest BCUT2D eigenvalue weighted by molar-refractivity contribution is -0.104. The van der Waals surface area contributed by atoms with E-state index >= 15 is 0 Å². The van der Waals surface area contributed by atoms with Crippen molar-refractivity contribution in [2.24, 2.45) is 0 Å². The van der Waals surface area contributed by atoms with E-state index in [0.29, 0.717) is 11.3 Å². The van der Waals surface area contributed by atoms with Gasteiger partial charge in [0.2, 0.25) is 0 Å². The van der Waals surface area contributed by atoms with Crippen LogP contribution in [0.5, 0.6) is 0 Å². The number of rotatable bonds is 2. The molecule has 0 spiro atoms. The molecule has 0 radical (unpaired) electrons. The van der Waals surface area contributed by atoms with E-state index in [1.165, 1.54) is 0 Å². The molecule has 0 amide bonds. The minimum Gasteiger partial charge on any atom is -0.465 e.